The Balaban J connectivity index is 2.14. The van der Waals surface area contributed by atoms with E-state index < -0.39 is 0 Å². The van der Waals surface area contributed by atoms with E-state index in [9.17, 15) is 4.79 Å². The molecule has 1 amide bonds. The van der Waals surface area contributed by atoms with E-state index in [-0.39, 0.29) is 17.9 Å². The maximum absolute atomic E-state index is 11.4. The van der Waals surface area contributed by atoms with E-state index in [1.54, 1.807) is 7.11 Å². The van der Waals surface area contributed by atoms with Gasteiger partial charge in [0.25, 0.3) is 5.91 Å². The maximum Gasteiger partial charge on any atom is 0.250 e. The van der Waals surface area contributed by atoms with Crippen molar-refractivity contribution in [3.05, 3.63) is 0 Å². The molecule has 1 aliphatic rings. The number of carbonyl (C=O) groups is 1. The summed E-state index contributed by atoms with van der Waals surface area (Å²) in [5.41, 5.74) is 7.96. The molecule has 0 saturated carbocycles. The van der Waals surface area contributed by atoms with Crippen LogP contribution in [-0.4, -0.2) is 45.5 Å². The molecule has 1 saturated heterocycles. The Hall–Kier alpha value is -0.690. The van der Waals surface area contributed by atoms with Crippen molar-refractivity contribution in [2.24, 2.45) is 11.7 Å². The highest BCUT2D eigenvalue weighted by atomic mass is 16.7. The molecule has 0 aliphatic carbocycles. The summed E-state index contributed by atoms with van der Waals surface area (Å²) >= 11 is 0. The number of hydrogen-bond acceptors (Lipinski definition) is 5. The van der Waals surface area contributed by atoms with Crippen LogP contribution in [0.1, 0.15) is 0 Å². The second-order valence-electron chi connectivity index (χ2n) is 3.12. The predicted molar refractivity (Wildman–Crippen MR) is 48.3 cm³/mol. The average Bonchev–Trinajstić information content (AvgIpc) is 2.59. The summed E-state index contributed by atoms with van der Waals surface area (Å²) in [6.07, 6.45) is 0. The van der Waals surface area contributed by atoms with Crippen molar-refractivity contribution in [3.8, 4) is 0 Å². The minimum Gasteiger partial charge on any atom is -0.382 e. The van der Waals surface area contributed by atoms with Crippen molar-refractivity contribution in [3.63, 3.8) is 0 Å². The van der Waals surface area contributed by atoms with Crippen molar-refractivity contribution in [2.45, 2.75) is 6.04 Å². The summed E-state index contributed by atoms with van der Waals surface area (Å²) in [5, 5.41) is 0. The van der Waals surface area contributed by atoms with Crippen LogP contribution in [0.2, 0.25) is 0 Å². The molecule has 0 radical (unpaired) electrons. The van der Waals surface area contributed by atoms with Gasteiger partial charge in [-0.05, 0) is 0 Å². The number of nitrogens with one attached hydrogen (secondary N) is 1. The van der Waals surface area contributed by atoms with E-state index in [1.807, 2.05) is 0 Å². The van der Waals surface area contributed by atoms with Crippen molar-refractivity contribution < 1.29 is 19.1 Å². The Morgan fingerprint density at radius 3 is 2.93 bits per heavy atom. The molecule has 0 aromatic carbocycles. The quantitative estimate of drug-likeness (QED) is 0.427. The van der Waals surface area contributed by atoms with Crippen LogP contribution in [0.25, 0.3) is 0 Å². The first-order valence-corrected chi connectivity index (χ1v) is 4.49. The molecule has 14 heavy (non-hydrogen) atoms. The number of carbonyl (C=O) groups excluding carboxylic acids is 1. The summed E-state index contributed by atoms with van der Waals surface area (Å²) in [7, 11) is 1.56. The van der Waals surface area contributed by atoms with Gasteiger partial charge in [-0.15, -0.1) is 0 Å². The molecule has 82 valence electrons. The zero-order chi connectivity index (χ0) is 10.4. The van der Waals surface area contributed by atoms with E-state index in [0.29, 0.717) is 26.4 Å². The van der Waals surface area contributed by atoms with Gasteiger partial charge in [0.15, 0.2) is 0 Å². The second-order valence-corrected chi connectivity index (χ2v) is 3.12. The average molecular weight is 204 g/mol. The van der Waals surface area contributed by atoms with Crippen LogP contribution in [-0.2, 0) is 19.1 Å². The van der Waals surface area contributed by atoms with Gasteiger partial charge in [0.2, 0.25) is 0 Å². The zero-order valence-electron chi connectivity index (χ0n) is 8.19. The van der Waals surface area contributed by atoms with E-state index in [4.69, 9.17) is 20.0 Å². The van der Waals surface area contributed by atoms with Crippen molar-refractivity contribution >= 4 is 5.91 Å². The van der Waals surface area contributed by atoms with E-state index in [1.165, 1.54) is 0 Å². The SMILES string of the molecule is COCCONC(=O)C1COCC1N. The number of hydrogen-bond donors (Lipinski definition) is 2. The molecular formula is C8H16N2O4. The lowest BCUT2D eigenvalue weighted by molar-refractivity contribution is -0.139. The molecule has 0 aromatic heterocycles. The van der Waals surface area contributed by atoms with Crippen LogP contribution >= 0.6 is 0 Å². The molecule has 3 N–H and O–H groups in total. The Bertz CT molecular complexity index is 188. The summed E-state index contributed by atoms with van der Waals surface area (Å²) < 4.78 is 9.80. The fourth-order valence-electron chi connectivity index (χ4n) is 1.16. The fraction of sp³-hybridized carbons (Fsp3) is 0.875. The van der Waals surface area contributed by atoms with E-state index in [0.717, 1.165) is 0 Å². The molecule has 1 rings (SSSR count). The van der Waals surface area contributed by atoms with Gasteiger partial charge in [-0.3, -0.25) is 9.63 Å². The van der Waals surface area contributed by atoms with Crippen LogP contribution in [0.5, 0.6) is 0 Å². The van der Waals surface area contributed by atoms with Gasteiger partial charge in [-0.1, -0.05) is 0 Å². The monoisotopic (exact) mass is 204 g/mol. The van der Waals surface area contributed by atoms with Gasteiger partial charge in [0.05, 0.1) is 32.3 Å². The van der Waals surface area contributed by atoms with Crippen LogP contribution in [0, 0.1) is 5.92 Å². The number of nitrogens with two attached hydrogens (primary N) is 1. The molecule has 2 atom stereocenters. The third-order valence-electron chi connectivity index (χ3n) is 2.02. The number of methoxy groups -OCH3 is 1. The number of amides is 1. The lowest BCUT2D eigenvalue weighted by atomic mass is 10.0. The smallest absolute Gasteiger partial charge is 0.250 e. The molecule has 1 aliphatic heterocycles. The second kappa shape index (κ2) is 5.92. The summed E-state index contributed by atoms with van der Waals surface area (Å²) in [5.74, 6) is -0.538. The molecule has 1 heterocycles. The largest absolute Gasteiger partial charge is 0.382 e. The van der Waals surface area contributed by atoms with Gasteiger partial charge < -0.3 is 15.2 Å². The normalized spacial score (nSPS) is 26.4. The third kappa shape index (κ3) is 3.22. The minimum atomic E-state index is -0.308. The molecular weight excluding hydrogens is 188 g/mol. The standard InChI is InChI=1S/C8H16N2O4/c1-12-2-3-14-10-8(11)6-4-13-5-7(6)9/h6-7H,2-5,9H2,1H3,(H,10,11). The Morgan fingerprint density at radius 1 is 1.57 bits per heavy atom. The number of ether oxygens (including phenoxy) is 2. The fourth-order valence-corrected chi connectivity index (χ4v) is 1.16. The number of rotatable bonds is 5. The van der Waals surface area contributed by atoms with E-state index >= 15 is 0 Å². The Labute approximate surface area is 82.6 Å². The first-order chi connectivity index (χ1) is 6.75. The molecule has 0 aromatic rings. The van der Waals surface area contributed by atoms with Gasteiger partial charge >= 0.3 is 0 Å². The molecule has 6 heteroatoms. The third-order valence-corrected chi connectivity index (χ3v) is 2.02. The zero-order valence-corrected chi connectivity index (χ0v) is 8.19. The van der Waals surface area contributed by atoms with Crippen molar-refractivity contribution in [2.75, 3.05) is 33.5 Å². The van der Waals surface area contributed by atoms with Crippen molar-refractivity contribution in [1.29, 1.82) is 0 Å². The van der Waals surface area contributed by atoms with Gasteiger partial charge in [0, 0.05) is 13.2 Å². The summed E-state index contributed by atoms with van der Waals surface area (Å²) in [6, 6.07) is -0.235. The van der Waals surface area contributed by atoms with Crippen LogP contribution in [0.3, 0.4) is 0 Å². The highest BCUT2D eigenvalue weighted by molar-refractivity contribution is 5.78. The topological polar surface area (TPSA) is 82.8 Å². The van der Waals surface area contributed by atoms with Crippen molar-refractivity contribution in [1.82, 2.24) is 5.48 Å². The lowest BCUT2D eigenvalue weighted by Crippen LogP contribution is -2.41. The highest BCUT2D eigenvalue weighted by Crippen LogP contribution is 2.11. The molecule has 0 bridgehead atoms. The number of hydroxylamine groups is 1. The highest BCUT2D eigenvalue weighted by Gasteiger charge is 2.31. The molecule has 0 spiro atoms. The van der Waals surface area contributed by atoms with Gasteiger partial charge in [0.1, 0.15) is 0 Å². The predicted octanol–water partition coefficient (Wildman–Crippen LogP) is -1.35. The van der Waals surface area contributed by atoms with Crippen LogP contribution < -0.4 is 11.2 Å². The Kier molecular flexibility index (Phi) is 4.81. The first kappa shape index (κ1) is 11.4. The van der Waals surface area contributed by atoms with Gasteiger partial charge in [-0.25, -0.2) is 5.48 Å². The van der Waals surface area contributed by atoms with Crippen LogP contribution in [0.15, 0.2) is 0 Å². The minimum absolute atomic E-state index is 0.230. The maximum atomic E-state index is 11.4. The first-order valence-electron chi connectivity index (χ1n) is 4.49. The summed E-state index contributed by atoms with van der Waals surface area (Å²) in [4.78, 5) is 16.2. The molecule has 6 nitrogen and oxygen atoms in total. The van der Waals surface area contributed by atoms with Gasteiger partial charge in [-0.2, -0.15) is 0 Å². The molecule has 2 unspecified atom stereocenters. The Morgan fingerprint density at radius 2 is 2.36 bits per heavy atom. The van der Waals surface area contributed by atoms with E-state index in [2.05, 4.69) is 5.48 Å². The molecule has 1 fully saturated rings. The van der Waals surface area contributed by atoms with Crippen LogP contribution in [0.4, 0.5) is 0 Å². The summed E-state index contributed by atoms with van der Waals surface area (Å²) in [6.45, 7) is 1.55. The lowest BCUT2D eigenvalue weighted by Gasteiger charge is -2.12.